The second kappa shape index (κ2) is 12.5. The van der Waals surface area contributed by atoms with Crippen molar-refractivity contribution in [3.05, 3.63) is 200 Å². The van der Waals surface area contributed by atoms with Crippen LogP contribution in [0.3, 0.4) is 0 Å². The van der Waals surface area contributed by atoms with E-state index < -0.39 is 0 Å². The molecule has 52 heavy (non-hydrogen) atoms. The maximum atomic E-state index is 6.74. The summed E-state index contributed by atoms with van der Waals surface area (Å²) in [6.45, 7) is 0. The van der Waals surface area contributed by atoms with Crippen LogP contribution < -0.4 is 4.90 Å². The first-order valence-corrected chi connectivity index (χ1v) is 17.8. The van der Waals surface area contributed by atoms with Crippen LogP contribution in [0.1, 0.15) is 0 Å². The summed E-state index contributed by atoms with van der Waals surface area (Å²) in [6, 6.07) is 71.6. The van der Waals surface area contributed by atoms with E-state index >= 15 is 0 Å². The van der Waals surface area contributed by atoms with Gasteiger partial charge in [0.25, 0.3) is 0 Å². The molecule has 1 heterocycles. The Morgan fingerprint density at radius 1 is 0.346 bits per heavy atom. The zero-order valence-corrected chi connectivity index (χ0v) is 28.4. The zero-order chi connectivity index (χ0) is 34.4. The first-order valence-electron chi connectivity index (χ1n) is 17.8. The molecule has 0 radical (unpaired) electrons. The number of furan rings is 1. The average Bonchev–Trinajstić information content (AvgIpc) is 3.61. The Kier molecular flexibility index (Phi) is 7.18. The van der Waals surface area contributed by atoms with Gasteiger partial charge in [0, 0.05) is 32.6 Å². The SMILES string of the molecule is c1ccc(-c2ccc(-c3cccc(N(c4cccc5ccccc45)c4cc5c(oc6cccc(-c7ccccc7)c65)c5ccccc45)c3)cc2)cc1. The third-order valence-electron chi connectivity index (χ3n) is 10.2. The van der Waals surface area contributed by atoms with Crippen LogP contribution in [0.5, 0.6) is 0 Å². The normalized spacial score (nSPS) is 11.5. The molecule has 2 nitrogen and oxygen atoms in total. The van der Waals surface area contributed by atoms with Gasteiger partial charge in [0.2, 0.25) is 0 Å². The lowest BCUT2D eigenvalue weighted by Gasteiger charge is -2.29. The highest BCUT2D eigenvalue weighted by Gasteiger charge is 2.23. The fraction of sp³-hybridized carbons (Fsp3) is 0. The molecule has 2 heteroatoms. The molecule has 0 spiro atoms. The third kappa shape index (κ3) is 5.04. The predicted molar refractivity (Wildman–Crippen MR) is 220 cm³/mol. The van der Waals surface area contributed by atoms with Crippen LogP contribution in [0.4, 0.5) is 17.1 Å². The van der Waals surface area contributed by atoms with E-state index in [1.165, 1.54) is 33.0 Å². The smallest absolute Gasteiger partial charge is 0.143 e. The van der Waals surface area contributed by atoms with Crippen LogP contribution >= 0.6 is 0 Å². The summed E-state index contributed by atoms with van der Waals surface area (Å²) in [5, 5.41) is 6.82. The highest BCUT2D eigenvalue weighted by molar-refractivity contribution is 6.23. The monoisotopic (exact) mass is 663 g/mol. The van der Waals surface area contributed by atoms with Gasteiger partial charge in [-0.25, -0.2) is 0 Å². The zero-order valence-electron chi connectivity index (χ0n) is 28.4. The van der Waals surface area contributed by atoms with Crippen molar-refractivity contribution in [2.45, 2.75) is 0 Å². The van der Waals surface area contributed by atoms with Gasteiger partial charge in [-0.15, -0.1) is 0 Å². The third-order valence-corrected chi connectivity index (χ3v) is 10.2. The van der Waals surface area contributed by atoms with Crippen molar-refractivity contribution in [2.75, 3.05) is 4.90 Å². The molecule has 0 saturated heterocycles. The fourth-order valence-electron chi connectivity index (χ4n) is 7.79. The lowest BCUT2D eigenvalue weighted by Crippen LogP contribution is -2.11. The van der Waals surface area contributed by atoms with Crippen molar-refractivity contribution in [3.8, 4) is 33.4 Å². The second-order valence-corrected chi connectivity index (χ2v) is 13.3. The molecular formula is C50H33NO. The summed E-state index contributed by atoms with van der Waals surface area (Å²) < 4.78 is 6.74. The first-order chi connectivity index (χ1) is 25.8. The number of fused-ring (bicyclic) bond motifs is 6. The predicted octanol–water partition coefficient (Wildman–Crippen LogP) is 14.4. The molecule has 0 aliphatic heterocycles. The average molecular weight is 664 g/mol. The molecule has 0 N–H and O–H groups in total. The molecule has 0 aliphatic rings. The Bertz CT molecular complexity index is 2880. The first kappa shape index (κ1) is 30.0. The minimum absolute atomic E-state index is 0.885. The second-order valence-electron chi connectivity index (χ2n) is 13.3. The van der Waals surface area contributed by atoms with Gasteiger partial charge in [0.05, 0.1) is 11.4 Å². The minimum atomic E-state index is 0.885. The van der Waals surface area contributed by atoms with Crippen molar-refractivity contribution < 1.29 is 4.42 Å². The van der Waals surface area contributed by atoms with Crippen molar-refractivity contribution in [2.24, 2.45) is 0 Å². The largest absolute Gasteiger partial charge is 0.455 e. The molecule has 0 atom stereocenters. The van der Waals surface area contributed by atoms with E-state index in [-0.39, 0.29) is 0 Å². The van der Waals surface area contributed by atoms with Gasteiger partial charge in [-0.1, -0.05) is 170 Å². The topological polar surface area (TPSA) is 16.4 Å². The maximum absolute atomic E-state index is 6.74. The Labute approximate surface area is 302 Å². The lowest BCUT2D eigenvalue weighted by molar-refractivity contribution is 0.673. The molecule has 0 fully saturated rings. The van der Waals surface area contributed by atoms with E-state index in [0.29, 0.717) is 0 Å². The van der Waals surface area contributed by atoms with E-state index in [0.717, 1.165) is 60.9 Å². The highest BCUT2D eigenvalue weighted by atomic mass is 16.3. The molecule has 244 valence electrons. The van der Waals surface area contributed by atoms with Gasteiger partial charge >= 0.3 is 0 Å². The summed E-state index contributed by atoms with van der Waals surface area (Å²) in [5.41, 5.74) is 12.2. The number of anilines is 3. The van der Waals surface area contributed by atoms with Gasteiger partial charge in [-0.3, -0.25) is 0 Å². The van der Waals surface area contributed by atoms with Gasteiger partial charge in [-0.05, 0) is 69.1 Å². The fourth-order valence-corrected chi connectivity index (χ4v) is 7.79. The van der Waals surface area contributed by atoms with E-state index in [4.69, 9.17) is 4.42 Å². The molecule has 0 aliphatic carbocycles. The van der Waals surface area contributed by atoms with Crippen LogP contribution in [0, 0.1) is 0 Å². The molecular weight excluding hydrogens is 631 g/mol. The quantitative estimate of drug-likeness (QED) is 0.176. The summed E-state index contributed by atoms with van der Waals surface area (Å²) in [4.78, 5) is 2.44. The number of rotatable bonds is 6. The van der Waals surface area contributed by atoms with Crippen molar-refractivity contribution >= 4 is 60.5 Å². The molecule has 0 unspecified atom stereocenters. The van der Waals surface area contributed by atoms with Gasteiger partial charge < -0.3 is 9.32 Å². The Balaban J connectivity index is 1.23. The number of benzene rings is 9. The molecule has 10 rings (SSSR count). The number of hydrogen-bond acceptors (Lipinski definition) is 2. The standard InChI is InChI=1S/C50H33NO/c1-3-14-34(15-4-1)35-28-30-36(31-29-35)39-20-11-21-40(32-39)51(46-26-12-19-37-18-7-8-22-41(37)46)47-33-45-49-42(38-16-5-2-6-17-38)25-13-27-48(49)52-50(45)44-24-10-9-23-43(44)47/h1-33H. The van der Waals surface area contributed by atoms with E-state index in [1.807, 2.05) is 0 Å². The molecule has 1 aromatic heterocycles. The molecule has 0 saturated carbocycles. The summed E-state index contributed by atoms with van der Waals surface area (Å²) in [7, 11) is 0. The van der Waals surface area contributed by atoms with Crippen LogP contribution in [0.2, 0.25) is 0 Å². The lowest BCUT2D eigenvalue weighted by atomic mass is 9.96. The minimum Gasteiger partial charge on any atom is -0.455 e. The summed E-state index contributed by atoms with van der Waals surface area (Å²) in [6.07, 6.45) is 0. The van der Waals surface area contributed by atoms with Crippen LogP contribution in [-0.2, 0) is 0 Å². The van der Waals surface area contributed by atoms with Crippen LogP contribution in [-0.4, -0.2) is 0 Å². The molecule has 9 aromatic carbocycles. The molecule has 0 bridgehead atoms. The summed E-state index contributed by atoms with van der Waals surface area (Å²) in [5.74, 6) is 0. The Morgan fingerprint density at radius 2 is 0.923 bits per heavy atom. The van der Waals surface area contributed by atoms with Crippen molar-refractivity contribution in [3.63, 3.8) is 0 Å². The molecule has 10 aromatic rings. The van der Waals surface area contributed by atoms with Gasteiger partial charge in [0.15, 0.2) is 0 Å². The van der Waals surface area contributed by atoms with Crippen LogP contribution in [0.25, 0.3) is 76.9 Å². The summed E-state index contributed by atoms with van der Waals surface area (Å²) >= 11 is 0. The van der Waals surface area contributed by atoms with E-state index in [2.05, 4.69) is 205 Å². The van der Waals surface area contributed by atoms with Crippen LogP contribution in [0.15, 0.2) is 205 Å². The van der Waals surface area contributed by atoms with Gasteiger partial charge in [-0.2, -0.15) is 0 Å². The van der Waals surface area contributed by atoms with E-state index in [9.17, 15) is 0 Å². The Hall–Kier alpha value is -6.90. The van der Waals surface area contributed by atoms with Gasteiger partial charge in [0.1, 0.15) is 11.2 Å². The Morgan fingerprint density at radius 3 is 1.71 bits per heavy atom. The van der Waals surface area contributed by atoms with Crippen molar-refractivity contribution in [1.82, 2.24) is 0 Å². The molecule has 0 amide bonds. The van der Waals surface area contributed by atoms with Crippen molar-refractivity contribution in [1.29, 1.82) is 0 Å². The number of hydrogen-bond donors (Lipinski definition) is 0. The maximum Gasteiger partial charge on any atom is 0.143 e. The van der Waals surface area contributed by atoms with E-state index in [1.54, 1.807) is 0 Å². The highest BCUT2D eigenvalue weighted by Crippen LogP contribution is 2.48. The number of nitrogens with zero attached hydrogens (tertiary/aromatic N) is 1.